The van der Waals surface area contributed by atoms with Gasteiger partial charge in [-0.15, -0.1) is 0 Å². The molecule has 0 radical (unpaired) electrons. The van der Waals surface area contributed by atoms with Gasteiger partial charge in [-0.1, -0.05) is 31.2 Å². The number of ether oxygens (including phenoxy) is 2. The molecule has 1 atom stereocenters. The Bertz CT molecular complexity index is 573. The van der Waals surface area contributed by atoms with Crippen LogP contribution >= 0.6 is 0 Å². The lowest BCUT2D eigenvalue weighted by atomic mass is 10.1. The minimum absolute atomic E-state index is 0.583. The van der Waals surface area contributed by atoms with Crippen molar-refractivity contribution in [1.29, 1.82) is 0 Å². The van der Waals surface area contributed by atoms with Crippen molar-refractivity contribution >= 4 is 5.96 Å². The quantitative estimate of drug-likeness (QED) is 0.326. The van der Waals surface area contributed by atoms with Crippen molar-refractivity contribution in [2.45, 2.75) is 39.8 Å². The molecule has 1 aliphatic rings. The van der Waals surface area contributed by atoms with Gasteiger partial charge < -0.3 is 25.0 Å². The van der Waals surface area contributed by atoms with Gasteiger partial charge in [0.05, 0.1) is 19.8 Å². The Labute approximate surface area is 170 Å². The molecule has 1 unspecified atom stereocenters. The Balaban J connectivity index is 1.71. The van der Waals surface area contributed by atoms with Crippen LogP contribution in [0.1, 0.15) is 37.8 Å². The molecule has 0 aliphatic carbocycles. The van der Waals surface area contributed by atoms with Gasteiger partial charge in [-0.2, -0.15) is 0 Å². The normalized spacial score (nSPS) is 17.3. The molecule has 6 nitrogen and oxygen atoms in total. The number of nitrogens with one attached hydrogen (secondary N) is 2. The van der Waals surface area contributed by atoms with E-state index in [1.165, 1.54) is 11.1 Å². The second-order valence-corrected chi connectivity index (χ2v) is 7.43. The maximum Gasteiger partial charge on any atom is 0.191 e. The molecule has 0 spiro atoms. The molecule has 2 rings (SSSR count). The molecule has 1 aliphatic heterocycles. The van der Waals surface area contributed by atoms with E-state index in [4.69, 9.17) is 14.5 Å². The minimum Gasteiger partial charge on any atom is -0.381 e. The van der Waals surface area contributed by atoms with Crippen LogP contribution in [0.3, 0.4) is 0 Å². The first-order valence-corrected chi connectivity index (χ1v) is 10.6. The largest absolute Gasteiger partial charge is 0.381 e. The summed E-state index contributed by atoms with van der Waals surface area (Å²) in [6.45, 7) is 12.0. The summed E-state index contributed by atoms with van der Waals surface area (Å²) in [6.07, 6.45) is 2.10. The second kappa shape index (κ2) is 13.5. The third kappa shape index (κ3) is 9.04. The average molecular weight is 391 g/mol. The van der Waals surface area contributed by atoms with Crippen LogP contribution in [0.25, 0.3) is 0 Å². The van der Waals surface area contributed by atoms with Gasteiger partial charge in [-0.05, 0) is 44.5 Å². The monoisotopic (exact) mass is 390 g/mol. The van der Waals surface area contributed by atoms with Gasteiger partial charge >= 0.3 is 0 Å². The summed E-state index contributed by atoms with van der Waals surface area (Å²) in [5.74, 6) is 1.45. The third-order valence-electron chi connectivity index (χ3n) is 4.88. The van der Waals surface area contributed by atoms with Crippen molar-refractivity contribution in [3.05, 3.63) is 35.4 Å². The summed E-state index contributed by atoms with van der Waals surface area (Å²) in [4.78, 5) is 7.03. The molecule has 0 saturated carbocycles. The number of hydrogen-bond donors (Lipinski definition) is 2. The van der Waals surface area contributed by atoms with Gasteiger partial charge in [0, 0.05) is 38.8 Å². The highest BCUT2D eigenvalue weighted by Crippen LogP contribution is 2.12. The van der Waals surface area contributed by atoms with Crippen LogP contribution in [0, 0.1) is 5.92 Å². The first-order valence-electron chi connectivity index (χ1n) is 10.6. The maximum atomic E-state index is 5.76. The van der Waals surface area contributed by atoms with Crippen LogP contribution < -0.4 is 10.6 Å². The lowest BCUT2D eigenvalue weighted by molar-refractivity contribution is 0.0888. The Kier molecular flexibility index (Phi) is 10.9. The van der Waals surface area contributed by atoms with E-state index in [1.54, 1.807) is 0 Å². The van der Waals surface area contributed by atoms with Crippen molar-refractivity contribution in [3.63, 3.8) is 0 Å². The van der Waals surface area contributed by atoms with Crippen LogP contribution in [-0.2, 0) is 22.6 Å². The molecule has 0 aromatic heterocycles. The van der Waals surface area contributed by atoms with Gasteiger partial charge in [-0.25, -0.2) is 4.99 Å². The lowest BCUT2D eigenvalue weighted by Crippen LogP contribution is -2.38. The van der Waals surface area contributed by atoms with Crippen LogP contribution in [0.5, 0.6) is 0 Å². The summed E-state index contributed by atoms with van der Waals surface area (Å²) in [6, 6.07) is 8.69. The van der Waals surface area contributed by atoms with Gasteiger partial charge in [-0.3, -0.25) is 0 Å². The summed E-state index contributed by atoms with van der Waals surface area (Å²) in [5.41, 5.74) is 2.57. The Morgan fingerprint density at radius 1 is 1.29 bits per heavy atom. The number of benzene rings is 1. The molecule has 1 saturated heterocycles. The molecule has 1 heterocycles. The summed E-state index contributed by atoms with van der Waals surface area (Å²) in [5, 5.41) is 6.72. The molecule has 6 heteroatoms. The fourth-order valence-electron chi connectivity index (χ4n) is 3.11. The Hall–Kier alpha value is -1.63. The lowest BCUT2D eigenvalue weighted by Gasteiger charge is -2.14. The first kappa shape index (κ1) is 22.7. The highest BCUT2D eigenvalue weighted by molar-refractivity contribution is 5.79. The smallest absolute Gasteiger partial charge is 0.191 e. The average Bonchev–Trinajstić information content (AvgIpc) is 3.22. The zero-order chi connectivity index (χ0) is 20.0. The van der Waals surface area contributed by atoms with E-state index < -0.39 is 0 Å². The zero-order valence-electron chi connectivity index (χ0n) is 17.9. The van der Waals surface area contributed by atoms with E-state index in [-0.39, 0.29) is 0 Å². The van der Waals surface area contributed by atoms with Crippen molar-refractivity contribution in [2.75, 3.05) is 53.1 Å². The van der Waals surface area contributed by atoms with Gasteiger partial charge in [0.2, 0.25) is 0 Å². The summed E-state index contributed by atoms with van der Waals surface area (Å²) >= 11 is 0. The van der Waals surface area contributed by atoms with E-state index >= 15 is 0 Å². The minimum atomic E-state index is 0.583. The highest BCUT2D eigenvalue weighted by Gasteiger charge is 2.15. The maximum absolute atomic E-state index is 5.76. The zero-order valence-corrected chi connectivity index (χ0v) is 17.9. The molecular weight excluding hydrogens is 352 g/mol. The summed E-state index contributed by atoms with van der Waals surface area (Å²) in [7, 11) is 2.14. The van der Waals surface area contributed by atoms with Crippen molar-refractivity contribution < 1.29 is 9.47 Å². The molecule has 2 N–H and O–H groups in total. The summed E-state index contributed by atoms with van der Waals surface area (Å²) < 4.78 is 11.1. The van der Waals surface area contributed by atoms with Crippen molar-refractivity contribution in [2.24, 2.45) is 10.9 Å². The molecule has 0 bridgehead atoms. The molecule has 1 aromatic carbocycles. The van der Waals surface area contributed by atoms with Crippen LogP contribution in [0.4, 0.5) is 0 Å². The topological polar surface area (TPSA) is 58.1 Å². The van der Waals surface area contributed by atoms with Crippen molar-refractivity contribution in [1.82, 2.24) is 15.5 Å². The molecule has 158 valence electrons. The van der Waals surface area contributed by atoms with E-state index in [0.717, 1.165) is 71.4 Å². The van der Waals surface area contributed by atoms with E-state index in [2.05, 4.69) is 60.7 Å². The number of nitrogens with zero attached hydrogens (tertiary/aromatic N) is 2. The number of rotatable bonds is 12. The van der Waals surface area contributed by atoms with E-state index in [1.807, 2.05) is 0 Å². The van der Waals surface area contributed by atoms with Gasteiger partial charge in [0.1, 0.15) is 0 Å². The Morgan fingerprint density at radius 3 is 2.89 bits per heavy atom. The van der Waals surface area contributed by atoms with Gasteiger partial charge in [0.25, 0.3) is 0 Å². The van der Waals surface area contributed by atoms with E-state index in [9.17, 15) is 0 Å². The van der Waals surface area contributed by atoms with Crippen LogP contribution in [0.2, 0.25) is 0 Å². The van der Waals surface area contributed by atoms with Crippen LogP contribution in [0.15, 0.2) is 29.3 Å². The molecule has 1 fully saturated rings. The molecule has 0 amide bonds. The van der Waals surface area contributed by atoms with Gasteiger partial charge in [0.15, 0.2) is 5.96 Å². The third-order valence-corrected chi connectivity index (χ3v) is 4.88. The SMILES string of the molecule is CCNC(=NCc1cccc(CN(C)CC)c1)NCCCOCC1CCOC1. The van der Waals surface area contributed by atoms with Crippen molar-refractivity contribution in [3.8, 4) is 0 Å². The first-order chi connectivity index (χ1) is 13.7. The fraction of sp³-hybridized carbons (Fsp3) is 0.682. The molecule has 28 heavy (non-hydrogen) atoms. The fourth-order valence-corrected chi connectivity index (χ4v) is 3.11. The molecule has 1 aromatic rings. The number of hydrogen-bond acceptors (Lipinski definition) is 4. The highest BCUT2D eigenvalue weighted by atomic mass is 16.5. The number of aliphatic imine (C=N–C) groups is 1. The van der Waals surface area contributed by atoms with Crippen LogP contribution in [-0.4, -0.2) is 64.0 Å². The standard InChI is InChI=1S/C22H38N4O2/c1-4-23-22(24-11-7-12-27-17-21-10-13-28-18-21)25-15-19-8-6-9-20(14-19)16-26(3)5-2/h6,8-9,14,21H,4-5,7,10-13,15-18H2,1-3H3,(H2,23,24,25). The van der Waals surface area contributed by atoms with E-state index in [0.29, 0.717) is 12.5 Å². The Morgan fingerprint density at radius 2 is 2.14 bits per heavy atom. The predicted octanol–water partition coefficient (Wildman–Crippen LogP) is 2.64. The second-order valence-electron chi connectivity index (χ2n) is 7.43. The predicted molar refractivity (Wildman–Crippen MR) is 116 cm³/mol. The number of guanidine groups is 1. The molecular formula is C22H38N4O2.